The summed E-state index contributed by atoms with van der Waals surface area (Å²) in [6.07, 6.45) is 4.39. The van der Waals surface area contributed by atoms with Gasteiger partial charge < -0.3 is 15.0 Å². The highest BCUT2D eigenvalue weighted by Crippen LogP contribution is 2.33. The van der Waals surface area contributed by atoms with Crippen molar-refractivity contribution in [2.24, 2.45) is 11.3 Å². The zero-order chi connectivity index (χ0) is 14.6. The van der Waals surface area contributed by atoms with E-state index in [1.807, 2.05) is 4.90 Å². The first-order chi connectivity index (χ1) is 9.63. The average molecular weight is 282 g/mol. The number of ether oxygens (including phenoxy) is 1. The number of hydrogen-bond donors (Lipinski definition) is 1. The van der Waals surface area contributed by atoms with Crippen molar-refractivity contribution in [1.29, 1.82) is 0 Å². The molecule has 0 aromatic carbocycles. The number of nitrogens with one attached hydrogen (secondary N) is 1. The Balaban J connectivity index is 1.95. The second kappa shape index (κ2) is 6.57. The molecule has 5 nitrogen and oxygen atoms in total. The summed E-state index contributed by atoms with van der Waals surface area (Å²) in [6.45, 7) is 5.27. The molecule has 0 aromatic rings. The number of likely N-dealkylation sites (tertiary alicyclic amines) is 1. The number of nitrogens with zero attached hydrogens (tertiary/aromatic N) is 1. The van der Waals surface area contributed by atoms with Crippen molar-refractivity contribution in [2.45, 2.75) is 39.0 Å². The zero-order valence-electron chi connectivity index (χ0n) is 12.6. The third-order valence-corrected chi connectivity index (χ3v) is 4.92. The van der Waals surface area contributed by atoms with Gasteiger partial charge in [-0.25, -0.2) is 0 Å². The molecule has 0 aromatic heterocycles. The Morgan fingerprint density at radius 2 is 2.05 bits per heavy atom. The number of piperidine rings is 2. The lowest BCUT2D eigenvalue weighted by molar-refractivity contribution is -0.152. The van der Waals surface area contributed by atoms with Gasteiger partial charge in [0.25, 0.3) is 0 Å². The van der Waals surface area contributed by atoms with Crippen molar-refractivity contribution in [3.8, 4) is 0 Å². The molecule has 2 aliphatic rings. The maximum absolute atomic E-state index is 12.8. The lowest BCUT2D eigenvalue weighted by Gasteiger charge is -2.41. The van der Waals surface area contributed by atoms with Gasteiger partial charge in [0.15, 0.2) is 0 Å². The molecule has 2 fully saturated rings. The molecule has 1 amide bonds. The molecular formula is C15H26N2O3. The molecule has 20 heavy (non-hydrogen) atoms. The number of carbonyl (C=O) groups is 2. The van der Waals surface area contributed by atoms with E-state index in [-0.39, 0.29) is 23.2 Å². The van der Waals surface area contributed by atoms with Gasteiger partial charge in [0, 0.05) is 19.6 Å². The Labute approximate surface area is 121 Å². The first-order valence-corrected chi connectivity index (χ1v) is 7.71. The number of rotatable bonds is 3. The minimum Gasteiger partial charge on any atom is -0.469 e. The van der Waals surface area contributed by atoms with Gasteiger partial charge in [-0.2, -0.15) is 0 Å². The zero-order valence-corrected chi connectivity index (χ0v) is 12.6. The Morgan fingerprint density at radius 3 is 2.55 bits per heavy atom. The highest BCUT2D eigenvalue weighted by molar-refractivity contribution is 5.83. The molecule has 2 saturated heterocycles. The summed E-state index contributed by atoms with van der Waals surface area (Å²) in [4.78, 5) is 26.3. The summed E-state index contributed by atoms with van der Waals surface area (Å²) in [5, 5.41) is 3.36. The third kappa shape index (κ3) is 2.97. The summed E-state index contributed by atoms with van der Waals surface area (Å²) in [7, 11) is 1.43. The van der Waals surface area contributed by atoms with Crippen LogP contribution in [0.2, 0.25) is 0 Å². The molecule has 1 N–H and O–H groups in total. The van der Waals surface area contributed by atoms with Gasteiger partial charge in [-0.3, -0.25) is 9.59 Å². The van der Waals surface area contributed by atoms with Crippen molar-refractivity contribution in [1.82, 2.24) is 10.2 Å². The van der Waals surface area contributed by atoms with Gasteiger partial charge in [0.2, 0.25) is 5.91 Å². The van der Waals surface area contributed by atoms with Gasteiger partial charge in [-0.05, 0) is 38.6 Å². The molecule has 0 aliphatic carbocycles. The van der Waals surface area contributed by atoms with Gasteiger partial charge in [-0.15, -0.1) is 0 Å². The van der Waals surface area contributed by atoms with Crippen LogP contribution in [0.5, 0.6) is 0 Å². The molecule has 1 unspecified atom stereocenters. The SMILES string of the molecule is CCC1(C(=O)N2CCC(C(=O)OC)CC2)CCCNC1. The molecule has 5 heteroatoms. The number of methoxy groups -OCH3 is 1. The quantitative estimate of drug-likeness (QED) is 0.790. The first kappa shape index (κ1) is 15.3. The predicted molar refractivity (Wildman–Crippen MR) is 76.1 cm³/mol. The molecule has 0 radical (unpaired) electrons. The van der Waals surface area contributed by atoms with Crippen molar-refractivity contribution >= 4 is 11.9 Å². The van der Waals surface area contributed by atoms with Crippen molar-refractivity contribution in [2.75, 3.05) is 33.3 Å². The molecule has 0 bridgehead atoms. The van der Waals surface area contributed by atoms with E-state index in [4.69, 9.17) is 4.74 Å². The summed E-state index contributed by atoms with van der Waals surface area (Å²) in [6, 6.07) is 0. The minimum absolute atomic E-state index is 0.0360. The van der Waals surface area contributed by atoms with E-state index >= 15 is 0 Å². The van der Waals surface area contributed by atoms with Crippen LogP contribution in [0.25, 0.3) is 0 Å². The highest BCUT2D eigenvalue weighted by atomic mass is 16.5. The fourth-order valence-corrected chi connectivity index (χ4v) is 3.42. The number of esters is 1. The third-order valence-electron chi connectivity index (χ3n) is 4.92. The monoisotopic (exact) mass is 282 g/mol. The fraction of sp³-hybridized carbons (Fsp3) is 0.867. The number of amides is 1. The van der Waals surface area contributed by atoms with Crippen LogP contribution in [-0.4, -0.2) is 50.1 Å². The summed E-state index contributed by atoms with van der Waals surface area (Å²) in [5.41, 5.74) is -0.226. The highest BCUT2D eigenvalue weighted by Gasteiger charge is 2.41. The number of carbonyl (C=O) groups excluding carboxylic acids is 2. The first-order valence-electron chi connectivity index (χ1n) is 7.71. The Morgan fingerprint density at radius 1 is 1.35 bits per heavy atom. The molecule has 2 aliphatic heterocycles. The second-order valence-corrected chi connectivity index (χ2v) is 6.00. The molecule has 1 atom stereocenters. The van der Waals surface area contributed by atoms with Crippen LogP contribution < -0.4 is 5.32 Å². The van der Waals surface area contributed by atoms with Crippen LogP contribution in [0.1, 0.15) is 39.0 Å². The van der Waals surface area contributed by atoms with E-state index in [2.05, 4.69) is 12.2 Å². The van der Waals surface area contributed by atoms with Crippen LogP contribution in [0.3, 0.4) is 0 Å². The van der Waals surface area contributed by atoms with E-state index in [0.717, 1.165) is 45.2 Å². The minimum atomic E-state index is -0.226. The molecule has 2 heterocycles. The Hall–Kier alpha value is -1.10. The maximum Gasteiger partial charge on any atom is 0.308 e. The smallest absolute Gasteiger partial charge is 0.308 e. The normalized spacial score (nSPS) is 28.2. The van der Waals surface area contributed by atoms with E-state index in [1.165, 1.54) is 7.11 Å². The second-order valence-electron chi connectivity index (χ2n) is 6.00. The predicted octanol–water partition coefficient (Wildman–Crippen LogP) is 1.18. The van der Waals surface area contributed by atoms with Crippen LogP contribution in [0.15, 0.2) is 0 Å². The van der Waals surface area contributed by atoms with E-state index in [9.17, 15) is 9.59 Å². The fourth-order valence-electron chi connectivity index (χ4n) is 3.42. The van der Waals surface area contributed by atoms with Gasteiger partial charge in [0.1, 0.15) is 0 Å². The van der Waals surface area contributed by atoms with Crippen LogP contribution in [0.4, 0.5) is 0 Å². The lowest BCUT2D eigenvalue weighted by atomic mass is 9.76. The summed E-state index contributed by atoms with van der Waals surface area (Å²) >= 11 is 0. The van der Waals surface area contributed by atoms with Crippen LogP contribution in [-0.2, 0) is 14.3 Å². The molecule has 0 saturated carbocycles. The van der Waals surface area contributed by atoms with Gasteiger partial charge in [0.05, 0.1) is 18.4 Å². The largest absolute Gasteiger partial charge is 0.469 e. The topological polar surface area (TPSA) is 58.6 Å². The van der Waals surface area contributed by atoms with Crippen molar-refractivity contribution < 1.29 is 14.3 Å². The van der Waals surface area contributed by atoms with E-state index < -0.39 is 0 Å². The van der Waals surface area contributed by atoms with Crippen molar-refractivity contribution in [3.63, 3.8) is 0 Å². The maximum atomic E-state index is 12.8. The van der Waals surface area contributed by atoms with Crippen molar-refractivity contribution in [3.05, 3.63) is 0 Å². The molecule has 114 valence electrons. The number of hydrogen-bond acceptors (Lipinski definition) is 4. The van der Waals surface area contributed by atoms with E-state index in [0.29, 0.717) is 13.1 Å². The Bertz CT molecular complexity index is 356. The Kier molecular flexibility index (Phi) is 5.02. The lowest BCUT2D eigenvalue weighted by Crippen LogP contribution is -2.53. The average Bonchev–Trinajstić information content (AvgIpc) is 2.54. The van der Waals surface area contributed by atoms with Gasteiger partial charge >= 0.3 is 5.97 Å². The summed E-state index contributed by atoms with van der Waals surface area (Å²) in [5.74, 6) is 0.100. The molecule has 2 rings (SSSR count). The summed E-state index contributed by atoms with van der Waals surface area (Å²) < 4.78 is 4.79. The van der Waals surface area contributed by atoms with Gasteiger partial charge in [-0.1, -0.05) is 6.92 Å². The van der Waals surface area contributed by atoms with E-state index in [1.54, 1.807) is 0 Å². The van der Waals surface area contributed by atoms with Crippen LogP contribution >= 0.6 is 0 Å². The molecular weight excluding hydrogens is 256 g/mol. The standard InChI is InChI=1S/C15H26N2O3/c1-3-15(7-4-8-16-11-15)14(19)17-9-5-12(6-10-17)13(18)20-2/h12,16H,3-11H2,1-2H3. The van der Waals surface area contributed by atoms with Crippen LogP contribution in [0, 0.1) is 11.3 Å². The molecule has 0 spiro atoms.